The summed E-state index contributed by atoms with van der Waals surface area (Å²) in [7, 11) is 0. The Morgan fingerprint density at radius 2 is 2.27 bits per heavy atom. The second kappa shape index (κ2) is 7.07. The van der Waals surface area contributed by atoms with E-state index >= 15 is 0 Å². The molecule has 0 heterocycles. The van der Waals surface area contributed by atoms with Crippen molar-refractivity contribution >= 4 is 17.5 Å². The lowest BCUT2D eigenvalue weighted by Crippen LogP contribution is -2.34. The molecule has 4 heteroatoms. The molecule has 1 rings (SSSR count). The number of hydrogen-bond donors (Lipinski definition) is 1. The van der Waals surface area contributed by atoms with Gasteiger partial charge in [0.1, 0.15) is 0 Å². The maximum atomic E-state index is 11.7. The molecule has 0 aromatic carbocycles. The van der Waals surface area contributed by atoms with E-state index in [2.05, 4.69) is 12.2 Å². The topological polar surface area (TPSA) is 38.3 Å². The molecule has 1 N–H and O–H groups in total. The molecular formula is C11H20ClNO2. The van der Waals surface area contributed by atoms with Crippen LogP contribution in [-0.2, 0) is 9.53 Å². The zero-order valence-electron chi connectivity index (χ0n) is 9.30. The van der Waals surface area contributed by atoms with Crippen LogP contribution in [0.4, 0.5) is 0 Å². The van der Waals surface area contributed by atoms with Gasteiger partial charge in [-0.05, 0) is 18.8 Å². The van der Waals surface area contributed by atoms with Gasteiger partial charge in [0.15, 0.2) is 0 Å². The van der Waals surface area contributed by atoms with Crippen LogP contribution in [0.3, 0.4) is 0 Å². The molecule has 0 spiro atoms. The fourth-order valence-electron chi connectivity index (χ4n) is 2.07. The zero-order valence-corrected chi connectivity index (χ0v) is 10.1. The van der Waals surface area contributed by atoms with Crippen LogP contribution in [0.5, 0.6) is 0 Å². The molecule has 15 heavy (non-hydrogen) atoms. The molecule has 0 bridgehead atoms. The second-order valence-electron chi connectivity index (χ2n) is 4.11. The normalized spacial score (nSPS) is 25.5. The Labute approximate surface area is 96.5 Å². The molecule has 2 atom stereocenters. The van der Waals surface area contributed by atoms with Crippen molar-refractivity contribution in [1.29, 1.82) is 0 Å². The summed E-state index contributed by atoms with van der Waals surface area (Å²) in [5.74, 6) is 1.45. The molecule has 3 nitrogen and oxygen atoms in total. The third-order valence-electron chi connectivity index (χ3n) is 2.97. The number of amides is 1. The molecule has 1 fully saturated rings. The van der Waals surface area contributed by atoms with E-state index in [1.54, 1.807) is 0 Å². The molecule has 1 saturated carbocycles. The highest BCUT2D eigenvalue weighted by Gasteiger charge is 2.29. The molecule has 88 valence electrons. The van der Waals surface area contributed by atoms with Crippen molar-refractivity contribution in [2.75, 3.05) is 25.6 Å². The van der Waals surface area contributed by atoms with Crippen LogP contribution in [0, 0.1) is 11.8 Å². The highest BCUT2D eigenvalue weighted by molar-refractivity contribution is 6.17. The molecule has 0 saturated heterocycles. The van der Waals surface area contributed by atoms with Crippen molar-refractivity contribution in [3.05, 3.63) is 0 Å². The van der Waals surface area contributed by atoms with E-state index in [-0.39, 0.29) is 11.8 Å². The summed E-state index contributed by atoms with van der Waals surface area (Å²) in [5.41, 5.74) is 0. The number of carbonyl (C=O) groups is 1. The lowest BCUT2D eigenvalue weighted by Gasteiger charge is -2.14. The largest absolute Gasteiger partial charge is 0.378 e. The first-order valence-corrected chi connectivity index (χ1v) is 6.20. The van der Waals surface area contributed by atoms with Crippen LogP contribution in [0.15, 0.2) is 0 Å². The minimum atomic E-state index is 0.189. The van der Waals surface area contributed by atoms with E-state index in [0.717, 1.165) is 6.42 Å². The van der Waals surface area contributed by atoms with Gasteiger partial charge in [-0.2, -0.15) is 0 Å². The number of ether oxygens (including phenoxy) is 1. The number of halogens is 1. The Balaban J connectivity index is 2.08. The molecule has 0 radical (unpaired) electrons. The van der Waals surface area contributed by atoms with E-state index in [1.165, 1.54) is 12.8 Å². The molecule has 1 aliphatic carbocycles. The van der Waals surface area contributed by atoms with Crippen molar-refractivity contribution in [3.8, 4) is 0 Å². The summed E-state index contributed by atoms with van der Waals surface area (Å²) in [6, 6.07) is 0. The van der Waals surface area contributed by atoms with Gasteiger partial charge in [-0.15, -0.1) is 11.6 Å². The number of nitrogens with one attached hydrogen (secondary N) is 1. The highest BCUT2D eigenvalue weighted by atomic mass is 35.5. The van der Waals surface area contributed by atoms with Crippen molar-refractivity contribution in [1.82, 2.24) is 5.32 Å². The van der Waals surface area contributed by atoms with Gasteiger partial charge in [0.05, 0.1) is 13.2 Å². The summed E-state index contributed by atoms with van der Waals surface area (Å²) in [5, 5.41) is 2.91. The van der Waals surface area contributed by atoms with Gasteiger partial charge in [0.25, 0.3) is 0 Å². The summed E-state index contributed by atoms with van der Waals surface area (Å²) in [6.07, 6.45) is 3.40. The molecule has 0 aromatic rings. The first-order valence-electron chi connectivity index (χ1n) is 5.67. The van der Waals surface area contributed by atoms with E-state index < -0.39 is 0 Å². The monoisotopic (exact) mass is 233 g/mol. The Morgan fingerprint density at radius 3 is 2.87 bits per heavy atom. The summed E-state index contributed by atoms with van der Waals surface area (Å²) >= 11 is 5.45. The van der Waals surface area contributed by atoms with Crippen molar-refractivity contribution in [2.45, 2.75) is 26.2 Å². The van der Waals surface area contributed by atoms with Gasteiger partial charge in [-0.1, -0.05) is 13.3 Å². The fraction of sp³-hybridized carbons (Fsp3) is 0.909. The predicted octanol–water partition coefficient (Wildman–Crippen LogP) is 1.79. The van der Waals surface area contributed by atoms with E-state index in [9.17, 15) is 4.79 Å². The number of hydrogen-bond acceptors (Lipinski definition) is 2. The Hall–Kier alpha value is -0.280. The van der Waals surface area contributed by atoms with Crippen molar-refractivity contribution in [3.63, 3.8) is 0 Å². The molecule has 0 aliphatic heterocycles. The molecule has 1 amide bonds. The number of carbonyl (C=O) groups excluding carboxylic acids is 1. The molecule has 1 aliphatic rings. The summed E-state index contributed by atoms with van der Waals surface area (Å²) in [4.78, 5) is 11.7. The maximum Gasteiger partial charge on any atom is 0.223 e. The SMILES string of the molecule is CC1CCCC1C(=O)NCCOCCCl. The first kappa shape index (κ1) is 12.8. The highest BCUT2D eigenvalue weighted by Crippen LogP contribution is 2.30. The van der Waals surface area contributed by atoms with Gasteiger partial charge >= 0.3 is 0 Å². The van der Waals surface area contributed by atoms with Gasteiger partial charge in [0.2, 0.25) is 5.91 Å². The predicted molar refractivity (Wildman–Crippen MR) is 61.1 cm³/mol. The quantitative estimate of drug-likeness (QED) is 0.561. The minimum Gasteiger partial charge on any atom is -0.378 e. The Morgan fingerprint density at radius 1 is 1.47 bits per heavy atom. The second-order valence-corrected chi connectivity index (χ2v) is 4.49. The Kier molecular flexibility index (Phi) is 6.03. The van der Waals surface area contributed by atoms with Gasteiger partial charge in [-0.3, -0.25) is 4.79 Å². The van der Waals surface area contributed by atoms with Crippen LogP contribution < -0.4 is 5.32 Å². The molecular weight excluding hydrogens is 214 g/mol. The molecule has 2 unspecified atom stereocenters. The molecule has 0 aromatic heterocycles. The van der Waals surface area contributed by atoms with Gasteiger partial charge in [-0.25, -0.2) is 0 Å². The van der Waals surface area contributed by atoms with Crippen LogP contribution in [0.1, 0.15) is 26.2 Å². The average molecular weight is 234 g/mol. The van der Waals surface area contributed by atoms with Crippen LogP contribution >= 0.6 is 11.6 Å². The van der Waals surface area contributed by atoms with Gasteiger partial charge < -0.3 is 10.1 Å². The van der Waals surface area contributed by atoms with E-state index in [4.69, 9.17) is 16.3 Å². The van der Waals surface area contributed by atoms with E-state index in [0.29, 0.717) is 31.6 Å². The average Bonchev–Trinajstić information content (AvgIpc) is 2.64. The Bertz CT molecular complexity index is 199. The standard InChI is InChI=1S/C11H20ClNO2/c1-9-3-2-4-10(9)11(14)13-6-8-15-7-5-12/h9-10H,2-8H2,1H3,(H,13,14). The first-order chi connectivity index (χ1) is 7.25. The third kappa shape index (κ3) is 4.39. The number of alkyl halides is 1. The van der Waals surface area contributed by atoms with Crippen LogP contribution in [0.25, 0.3) is 0 Å². The van der Waals surface area contributed by atoms with Crippen LogP contribution in [-0.4, -0.2) is 31.5 Å². The van der Waals surface area contributed by atoms with Crippen molar-refractivity contribution < 1.29 is 9.53 Å². The number of rotatable bonds is 6. The summed E-state index contributed by atoms with van der Waals surface area (Å²) < 4.78 is 5.18. The summed E-state index contributed by atoms with van der Waals surface area (Å²) in [6.45, 7) is 3.86. The lowest BCUT2D eigenvalue weighted by atomic mass is 9.97. The lowest BCUT2D eigenvalue weighted by molar-refractivity contribution is -0.126. The third-order valence-corrected chi connectivity index (χ3v) is 3.12. The zero-order chi connectivity index (χ0) is 11.1. The smallest absolute Gasteiger partial charge is 0.223 e. The van der Waals surface area contributed by atoms with Gasteiger partial charge in [0, 0.05) is 18.3 Å². The maximum absolute atomic E-state index is 11.7. The van der Waals surface area contributed by atoms with Crippen molar-refractivity contribution in [2.24, 2.45) is 11.8 Å². The fourth-order valence-corrected chi connectivity index (χ4v) is 2.18. The van der Waals surface area contributed by atoms with Crippen LogP contribution in [0.2, 0.25) is 0 Å². The van der Waals surface area contributed by atoms with E-state index in [1.807, 2.05) is 0 Å². The minimum absolute atomic E-state index is 0.189.